The van der Waals surface area contributed by atoms with Crippen molar-refractivity contribution in [1.29, 1.82) is 0 Å². The molecule has 0 bridgehead atoms. The molecule has 0 saturated carbocycles. The molecule has 0 unspecified atom stereocenters. The molecule has 24 heavy (non-hydrogen) atoms. The first-order valence-electron chi connectivity index (χ1n) is 8.20. The van der Waals surface area contributed by atoms with Gasteiger partial charge in [-0.3, -0.25) is 4.79 Å². The summed E-state index contributed by atoms with van der Waals surface area (Å²) in [5.74, 6) is 0.815. The molecule has 0 atom stereocenters. The molecule has 2 aromatic carbocycles. The van der Waals surface area contributed by atoms with Crippen molar-refractivity contribution in [2.75, 3.05) is 6.61 Å². The summed E-state index contributed by atoms with van der Waals surface area (Å²) in [5.41, 5.74) is 3.95. The number of pyridine rings is 1. The van der Waals surface area contributed by atoms with Gasteiger partial charge in [0.1, 0.15) is 5.75 Å². The monoisotopic (exact) mass is 322 g/mol. The Kier molecular flexibility index (Phi) is 4.96. The van der Waals surface area contributed by atoms with Crippen LogP contribution < -0.4 is 15.6 Å². The smallest absolute Gasteiger partial charge is 0.252 e. The highest BCUT2D eigenvalue weighted by Gasteiger charge is 2.04. The van der Waals surface area contributed by atoms with Gasteiger partial charge in [-0.25, -0.2) is 0 Å². The lowest BCUT2D eigenvalue weighted by Crippen LogP contribution is -2.20. The lowest BCUT2D eigenvalue weighted by molar-refractivity contribution is 0.340. The van der Waals surface area contributed by atoms with Crippen molar-refractivity contribution in [2.45, 2.75) is 26.9 Å². The number of aromatic nitrogens is 1. The molecule has 0 amide bonds. The predicted molar refractivity (Wildman–Crippen MR) is 97.5 cm³/mol. The molecule has 0 aliphatic rings. The predicted octanol–water partition coefficient (Wildman–Crippen LogP) is 3.53. The number of benzene rings is 2. The summed E-state index contributed by atoms with van der Waals surface area (Å²) in [7, 11) is 0. The first-order valence-corrected chi connectivity index (χ1v) is 8.20. The molecular weight excluding hydrogens is 300 g/mol. The van der Waals surface area contributed by atoms with E-state index in [1.165, 1.54) is 11.1 Å². The Hall–Kier alpha value is -2.59. The quantitative estimate of drug-likeness (QED) is 0.730. The normalized spacial score (nSPS) is 10.9. The van der Waals surface area contributed by atoms with E-state index in [0.717, 1.165) is 28.8 Å². The molecule has 3 aromatic rings. The second-order valence-electron chi connectivity index (χ2n) is 5.89. The maximum atomic E-state index is 12.2. The lowest BCUT2D eigenvalue weighted by atomic mass is 10.1. The van der Waals surface area contributed by atoms with Crippen LogP contribution in [0.5, 0.6) is 5.75 Å². The van der Waals surface area contributed by atoms with Gasteiger partial charge >= 0.3 is 0 Å². The Morgan fingerprint density at radius 1 is 1.04 bits per heavy atom. The third kappa shape index (κ3) is 3.84. The highest BCUT2D eigenvalue weighted by molar-refractivity contribution is 5.80. The molecule has 0 aliphatic heterocycles. The molecule has 0 fully saturated rings. The molecule has 4 nitrogen and oxygen atoms in total. The molecule has 0 aliphatic carbocycles. The second kappa shape index (κ2) is 7.32. The van der Waals surface area contributed by atoms with Crippen LogP contribution in [0.2, 0.25) is 0 Å². The second-order valence-corrected chi connectivity index (χ2v) is 5.89. The van der Waals surface area contributed by atoms with Gasteiger partial charge in [0.15, 0.2) is 0 Å². The lowest BCUT2D eigenvalue weighted by Gasteiger charge is -2.08. The SMILES string of the molecule is CCOc1ccc2[nH]c(=O)c(CNCc3ccc(C)cc3)cc2c1. The fourth-order valence-corrected chi connectivity index (χ4v) is 2.67. The topological polar surface area (TPSA) is 54.1 Å². The minimum absolute atomic E-state index is 0.0527. The largest absolute Gasteiger partial charge is 0.494 e. The zero-order chi connectivity index (χ0) is 16.9. The van der Waals surface area contributed by atoms with Crippen LogP contribution in [0.15, 0.2) is 53.3 Å². The minimum Gasteiger partial charge on any atom is -0.494 e. The van der Waals surface area contributed by atoms with Crippen LogP contribution in [0.4, 0.5) is 0 Å². The number of aromatic amines is 1. The van der Waals surface area contributed by atoms with E-state index >= 15 is 0 Å². The van der Waals surface area contributed by atoms with Crippen molar-refractivity contribution < 1.29 is 4.74 Å². The van der Waals surface area contributed by atoms with E-state index in [9.17, 15) is 4.79 Å². The fourth-order valence-electron chi connectivity index (χ4n) is 2.67. The Labute approximate surface area is 141 Å². The highest BCUT2D eigenvalue weighted by atomic mass is 16.5. The van der Waals surface area contributed by atoms with Crippen LogP contribution in [0.25, 0.3) is 10.9 Å². The maximum Gasteiger partial charge on any atom is 0.252 e. The van der Waals surface area contributed by atoms with E-state index in [0.29, 0.717) is 13.2 Å². The number of hydrogen-bond donors (Lipinski definition) is 2. The van der Waals surface area contributed by atoms with E-state index in [1.807, 2.05) is 31.2 Å². The Morgan fingerprint density at radius 3 is 2.58 bits per heavy atom. The van der Waals surface area contributed by atoms with Crippen LogP contribution >= 0.6 is 0 Å². The van der Waals surface area contributed by atoms with Gasteiger partial charge in [-0.1, -0.05) is 29.8 Å². The average molecular weight is 322 g/mol. The van der Waals surface area contributed by atoms with E-state index in [-0.39, 0.29) is 5.56 Å². The molecule has 0 saturated heterocycles. The van der Waals surface area contributed by atoms with Crippen LogP contribution in [0.3, 0.4) is 0 Å². The van der Waals surface area contributed by atoms with Gasteiger partial charge in [0.05, 0.1) is 6.61 Å². The third-order valence-corrected chi connectivity index (χ3v) is 3.97. The first-order chi connectivity index (χ1) is 11.7. The molecule has 3 rings (SSSR count). The molecule has 0 radical (unpaired) electrons. The van der Waals surface area contributed by atoms with Crippen molar-refractivity contribution in [3.05, 3.63) is 75.6 Å². The van der Waals surface area contributed by atoms with Gasteiger partial charge in [-0.15, -0.1) is 0 Å². The van der Waals surface area contributed by atoms with Gasteiger partial charge in [-0.05, 0) is 43.7 Å². The third-order valence-electron chi connectivity index (χ3n) is 3.97. The van der Waals surface area contributed by atoms with Crippen molar-refractivity contribution in [2.24, 2.45) is 0 Å². The summed E-state index contributed by atoms with van der Waals surface area (Å²) in [5, 5.41) is 4.31. The number of nitrogens with one attached hydrogen (secondary N) is 2. The Morgan fingerprint density at radius 2 is 1.83 bits per heavy atom. The Balaban J connectivity index is 1.74. The van der Waals surface area contributed by atoms with E-state index < -0.39 is 0 Å². The van der Waals surface area contributed by atoms with Gasteiger partial charge in [-0.2, -0.15) is 0 Å². The molecule has 0 spiro atoms. The Bertz CT molecular complexity index is 882. The summed E-state index contributed by atoms with van der Waals surface area (Å²) in [6.45, 7) is 5.91. The first kappa shape index (κ1) is 16.3. The summed E-state index contributed by atoms with van der Waals surface area (Å²) in [6.07, 6.45) is 0. The number of rotatable bonds is 6. The molecule has 1 heterocycles. The number of fused-ring (bicyclic) bond motifs is 1. The molecule has 1 aromatic heterocycles. The van der Waals surface area contributed by atoms with Gasteiger partial charge in [0.25, 0.3) is 5.56 Å². The van der Waals surface area contributed by atoms with Gasteiger partial charge < -0.3 is 15.0 Å². The molecule has 124 valence electrons. The van der Waals surface area contributed by atoms with E-state index in [1.54, 1.807) is 0 Å². The van der Waals surface area contributed by atoms with Crippen LogP contribution in [-0.2, 0) is 13.1 Å². The zero-order valence-corrected chi connectivity index (χ0v) is 14.1. The van der Waals surface area contributed by atoms with Crippen LogP contribution in [0, 0.1) is 6.92 Å². The number of hydrogen-bond acceptors (Lipinski definition) is 3. The van der Waals surface area contributed by atoms with Crippen molar-refractivity contribution in [3.8, 4) is 5.75 Å². The van der Waals surface area contributed by atoms with E-state index in [2.05, 4.69) is 41.5 Å². The molecule has 2 N–H and O–H groups in total. The number of aryl methyl sites for hydroxylation is 1. The maximum absolute atomic E-state index is 12.2. The average Bonchev–Trinajstić information content (AvgIpc) is 2.58. The van der Waals surface area contributed by atoms with Crippen molar-refractivity contribution in [1.82, 2.24) is 10.3 Å². The van der Waals surface area contributed by atoms with Gasteiger partial charge in [0, 0.05) is 29.6 Å². The molecule has 4 heteroatoms. The highest BCUT2D eigenvalue weighted by Crippen LogP contribution is 2.19. The molecular formula is C20H22N2O2. The van der Waals surface area contributed by atoms with Gasteiger partial charge in [0.2, 0.25) is 0 Å². The zero-order valence-electron chi connectivity index (χ0n) is 14.1. The number of H-pyrrole nitrogens is 1. The summed E-state index contributed by atoms with van der Waals surface area (Å²) >= 11 is 0. The fraction of sp³-hybridized carbons (Fsp3) is 0.250. The van der Waals surface area contributed by atoms with Crippen LogP contribution in [-0.4, -0.2) is 11.6 Å². The summed E-state index contributed by atoms with van der Waals surface area (Å²) in [6, 6.07) is 16.0. The van der Waals surface area contributed by atoms with E-state index in [4.69, 9.17) is 4.74 Å². The summed E-state index contributed by atoms with van der Waals surface area (Å²) in [4.78, 5) is 15.1. The summed E-state index contributed by atoms with van der Waals surface area (Å²) < 4.78 is 5.53. The minimum atomic E-state index is -0.0527. The number of ether oxygens (including phenoxy) is 1. The van der Waals surface area contributed by atoms with Crippen molar-refractivity contribution in [3.63, 3.8) is 0 Å². The van der Waals surface area contributed by atoms with Crippen molar-refractivity contribution >= 4 is 10.9 Å². The standard InChI is InChI=1S/C20H22N2O2/c1-3-24-18-8-9-19-16(11-18)10-17(20(23)22-19)13-21-12-15-6-4-14(2)5-7-15/h4-11,21H,3,12-13H2,1-2H3,(H,22,23). The van der Waals surface area contributed by atoms with Crippen LogP contribution in [0.1, 0.15) is 23.6 Å².